The molecule has 2 rings (SSSR count). The highest BCUT2D eigenvalue weighted by Gasteiger charge is 2.05. The van der Waals surface area contributed by atoms with Gasteiger partial charge in [-0.2, -0.15) is 5.26 Å². The lowest BCUT2D eigenvalue weighted by atomic mass is 10.3. The minimum Gasteiger partial charge on any atom is -0.360 e. The van der Waals surface area contributed by atoms with E-state index in [4.69, 9.17) is 5.26 Å². The molecule has 2 heterocycles. The van der Waals surface area contributed by atoms with Gasteiger partial charge in [0, 0.05) is 12.3 Å². The van der Waals surface area contributed by atoms with Crippen LogP contribution in [0.25, 0.3) is 11.0 Å². The van der Waals surface area contributed by atoms with Gasteiger partial charge in [0.1, 0.15) is 6.07 Å². The normalized spacial score (nSPS) is 10.0. The zero-order valence-corrected chi connectivity index (χ0v) is 6.00. The molecule has 12 heavy (non-hydrogen) atoms. The van der Waals surface area contributed by atoms with Crippen LogP contribution < -0.4 is 0 Å². The lowest BCUT2D eigenvalue weighted by Crippen LogP contribution is -1.88. The number of nitrogens with one attached hydrogen (secondary N) is 1. The molecule has 0 atom stereocenters. The first-order chi connectivity index (χ1) is 5.81. The number of fused-ring (bicyclic) bond motifs is 1. The number of halogens is 1. The summed E-state index contributed by atoms with van der Waals surface area (Å²) >= 11 is 0. The van der Waals surface area contributed by atoms with Crippen LogP contribution in [0.15, 0.2) is 18.3 Å². The predicted molar refractivity (Wildman–Crippen MR) is 40.8 cm³/mol. The maximum Gasteiger partial charge on any atom is 0.177 e. The number of nitriles is 1. The van der Waals surface area contributed by atoms with Crippen molar-refractivity contribution in [3.63, 3.8) is 0 Å². The highest BCUT2D eigenvalue weighted by Crippen LogP contribution is 2.12. The summed E-state index contributed by atoms with van der Waals surface area (Å²) in [5.41, 5.74) is 1.04. The van der Waals surface area contributed by atoms with Crippen molar-refractivity contribution >= 4 is 11.0 Å². The lowest BCUT2D eigenvalue weighted by Gasteiger charge is -1.91. The van der Waals surface area contributed by atoms with E-state index in [9.17, 15) is 4.39 Å². The molecule has 3 nitrogen and oxygen atoms in total. The van der Waals surface area contributed by atoms with E-state index in [2.05, 4.69) is 9.97 Å². The Hall–Kier alpha value is -1.89. The van der Waals surface area contributed by atoms with Crippen molar-refractivity contribution in [1.82, 2.24) is 9.97 Å². The number of aromatic nitrogens is 2. The highest BCUT2D eigenvalue weighted by atomic mass is 19.1. The molecule has 2 aromatic heterocycles. The average molecular weight is 161 g/mol. The van der Waals surface area contributed by atoms with E-state index in [1.54, 1.807) is 18.3 Å². The van der Waals surface area contributed by atoms with Crippen molar-refractivity contribution in [2.75, 3.05) is 0 Å². The largest absolute Gasteiger partial charge is 0.360 e. The fourth-order valence-electron chi connectivity index (χ4n) is 1.03. The number of rotatable bonds is 0. The monoisotopic (exact) mass is 161 g/mol. The molecule has 0 fully saturated rings. The fraction of sp³-hybridized carbons (Fsp3) is 0. The van der Waals surface area contributed by atoms with E-state index >= 15 is 0 Å². The molecule has 2 aromatic rings. The number of H-pyrrole nitrogens is 1. The van der Waals surface area contributed by atoms with Crippen LogP contribution in [0.4, 0.5) is 4.39 Å². The summed E-state index contributed by atoms with van der Waals surface area (Å²) in [6.07, 6.45) is 1.65. The van der Waals surface area contributed by atoms with Crippen molar-refractivity contribution in [2.24, 2.45) is 0 Å². The van der Waals surface area contributed by atoms with Gasteiger partial charge in [0.05, 0.1) is 11.0 Å². The third-order valence-electron chi connectivity index (χ3n) is 1.59. The Morgan fingerprint density at radius 3 is 3.17 bits per heavy atom. The van der Waals surface area contributed by atoms with Gasteiger partial charge in [-0.1, -0.05) is 0 Å². The van der Waals surface area contributed by atoms with E-state index in [0.717, 1.165) is 0 Å². The van der Waals surface area contributed by atoms with Gasteiger partial charge in [0.25, 0.3) is 0 Å². The van der Waals surface area contributed by atoms with Gasteiger partial charge in [-0.3, -0.25) is 0 Å². The zero-order chi connectivity index (χ0) is 8.55. The Morgan fingerprint density at radius 1 is 1.58 bits per heavy atom. The summed E-state index contributed by atoms with van der Waals surface area (Å²) in [5.74, 6) is -0.590. The maximum atomic E-state index is 12.9. The molecule has 4 heteroatoms. The van der Waals surface area contributed by atoms with Gasteiger partial charge in [0.15, 0.2) is 11.5 Å². The molecule has 0 aliphatic heterocycles. The number of nitrogens with zero attached hydrogens (tertiary/aromatic N) is 2. The van der Waals surface area contributed by atoms with Gasteiger partial charge in [-0.15, -0.1) is 0 Å². The van der Waals surface area contributed by atoms with Crippen LogP contribution >= 0.6 is 0 Å². The summed E-state index contributed by atoms with van der Waals surface area (Å²) in [7, 11) is 0. The summed E-state index contributed by atoms with van der Waals surface area (Å²) in [6, 6.07) is 4.63. The third kappa shape index (κ3) is 0.839. The molecule has 1 N–H and O–H groups in total. The molecule has 0 spiro atoms. The molecule has 0 radical (unpaired) electrons. The van der Waals surface area contributed by atoms with E-state index in [0.29, 0.717) is 11.0 Å². The molecule has 0 aliphatic rings. The van der Waals surface area contributed by atoms with Crippen molar-refractivity contribution in [3.05, 3.63) is 29.8 Å². The Balaban J connectivity index is 2.84. The van der Waals surface area contributed by atoms with Gasteiger partial charge in [0.2, 0.25) is 0 Å². The molecule has 0 saturated carbocycles. The molecule has 58 valence electrons. The van der Waals surface area contributed by atoms with Crippen molar-refractivity contribution < 1.29 is 4.39 Å². The first-order valence-corrected chi connectivity index (χ1v) is 3.35. The summed E-state index contributed by atoms with van der Waals surface area (Å²) in [5, 5.41) is 8.45. The van der Waals surface area contributed by atoms with Crippen molar-refractivity contribution in [2.45, 2.75) is 0 Å². The topological polar surface area (TPSA) is 52.5 Å². The number of hydrogen-bond acceptors (Lipinski definition) is 2. The zero-order valence-electron chi connectivity index (χ0n) is 6.00. The Bertz CT molecular complexity index is 467. The molecule has 0 saturated heterocycles. The van der Waals surface area contributed by atoms with Crippen LogP contribution in [0.2, 0.25) is 0 Å². The molecule has 0 aromatic carbocycles. The standard InChI is InChI=1S/C8H4FN3/c9-5-3-7-6(1-2-11-7)12-8(5)4-10/h1-3,11H. The summed E-state index contributed by atoms with van der Waals surface area (Å²) in [4.78, 5) is 6.59. The van der Waals surface area contributed by atoms with Crippen LogP contribution in [0.5, 0.6) is 0 Å². The second kappa shape index (κ2) is 2.31. The van der Waals surface area contributed by atoms with Crippen molar-refractivity contribution in [1.29, 1.82) is 5.26 Å². The Labute approximate surface area is 67.5 Å². The summed E-state index contributed by atoms with van der Waals surface area (Å²) < 4.78 is 12.9. The first-order valence-electron chi connectivity index (χ1n) is 3.35. The first kappa shape index (κ1) is 6.80. The van der Waals surface area contributed by atoms with Crippen LogP contribution in [-0.4, -0.2) is 9.97 Å². The number of pyridine rings is 1. The quantitative estimate of drug-likeness (QED) is 0.637. The predicted octanol–water partition coefficient (Wildman–Crippen LogP) is 1.57. The molecule has 0 unspecified atom stereocenters. The lowest BCUT2D eigenvalue weighted by molar-refractivity contribution is 0.619. The van der Waals surface area contributed by atoms with Crippen molar-refractivity contribution in [3.8, 4) is 6.07 Å². The Kier molecular flexibility index (Phi) is 1.31. The molecule has 0 aliphatic carbocycles. The SMILES string of the molecule is N#Cc1nc2cc[nH]c2cc1F. The van der Waals surface area contributed by atoms with E-state index in [1.807, 2.05) is 0 Å². The minimum absolute atomic E-state index is 0.165. The van der Waals surface area contributed by atoms with Crippen LogP contribution in [0.1, 0.15) is 5.69 Å². The minimum atomic E-state index is -0.590. The second-order valence-electron chi connectivity index (χ2n) is 2.34. The molecular formula is C8H4FN3. The van der Waals surface area contributed by atoms with Gasteiger partial charge in [-0.25, -0.2) is 9.37 Å². The molecule has 0 bridgehead atoms. The second-order valence-corrected chi connectivity index (χ2v) is 2.34. The number of hydrogen-bond donors (Lipinski definition) is 1. The van der Waals surface area contributed by atoms with Crippen LogP contribution in [0.3, 0.4) is 0 Å². The van der Waals surface area contributed by atoms with Gasteiger partial charge >= 0.3 is 0 Å². The Morgan fingerprint density at radius 2 is 2.42 bits per heavy atom. The van der Waals surface area contributed by atoms with E-state index in [-0.39, 0.29) is 5.69 Å². The van der Waals surface area contributed by atoms with E-state index < -0.39 is 5.82 Å². The van der Waals surface area contributed by atoms with Crippen LogP contribution in [0, 0.1) is 17.1 Å². The smallest absolute Gasteiger partial charge is 0.177 e. The van der Waals surface area contributed by atoms with Crippen LogP contribution in [-0.2, 0) is 0 Å². The van der Waals surface area contributed by atoms with Gasteiger partial charge < -0.3 is 4.98 Å². The third-order valence-corrected chi connectivity index (χ3v) is 1.59. The highest BCUT2D eigenvalue weighted by molar-refractivity contribution is 5.75. The maximum absolute atomic E-state index is 12.9. The molecule has 0 amide bonds. The summed E-state index contributed by atoms with van der Waals surface area (Å²) in [6.45, 7) is 0. The number of aromatic amines is 1. The fourth-order valence-corrected chi connectivity index (χ4v) is 1.03. The average Bonchev–Trinajstić information content (AvgIpc) is 2.49. The van der Waals surface area contributed by atoms with Gasteiger partial charge in [-0.05, 0) is 6.07 Å². The molecular weight excluding hydrogens is 157 g/mol. The van der Waals surface area contributed by atoms with E-state index in [1.165, 1.54) is 6.07 Å².